The molecule has 2 heteroatoms. The monoisotopic (exact) mass is 247 g/mol. The predicted octanol–water partition coefficient (Wildman–Crippen LogP) is 3.52. The lowest BCUT2D eigenvalue weighted by Gasteiger charge is -2.43. The van der Waals surface area contributed by atoms with Crippen molar-refractivity contribution in [3.8, 4) is 0 Å². The molecule has 2 nitrogen and oxygen atoms in total. The van der Waals surface area contributed by atoms with Gasteiger partial charge in [-0.2, -0.15) is 0 Å². The summed E-state index contributed by atoms with van der Waals surface area (Å²) in [7, 11) is 3.90. The van der Waals surface area contributed by atoms with Crippen molar-refractivity contribution in [1.29, 1.82) is 0 Å². The molecule has 1 aliphatic rings. The summed E-state index contributed by atoms with van der Waals surface area (Å²) in [6, 6.07) is 7.16. The van der Waals surface area contributed by atoms with E-state index in [1.807, 2.05) is 14.2 Å². The molecule has 0 bridgehead atoms. The first-order chi connectivity index (χ1) is 8.60. The topological polar surface area (TPSA) is 21.3 Å². The van der Waals surface area contributed by atoms with Crippen LogP contribution in [0.15, 0.2) is 18.2 Å². The van der Waals surface area contributed by atoms with E-state index in [0.717, 1.165) is 6.42 Å². The molecule has 2 rings (SSSR count). The number of aryl methyl sites for hydroxylation is 2. The van der Waals surface area contributed by atoms with E-state index in [4.69, 9.17) is 4.74 Å². The molecule has 0 spiro atoms. The molecule has 0 saturated heterocycles. The van der Waals surface area contributed by atoms with Gasteiger partial charge in [-0.3, -0.25) is 0 Å². The van der Waals surface area contributed by atoms with E-state index >= 15 is 0 Å². The maximum absolute atomic E-state index is 5.74. The summed E-state index contributed by atoms with van der Waals surface area (Å²) < 4.78 is 5.74. The Balaban J connectivity index is 2.14. The van der Waals surface area contributed by atoms with Crippen molar-refractivity contribution < 1.29 is 4.74 Å². The Bertz CT molecular complexity index is 404. The molecule has 1 aromatic carbocycles. The molecule has 1 unspecified atom stereocenters. The maximum atomic E-state index is 5.74. The summed E-state index contributed by atoms with van der Waals surface area (Å²) in [5, 5.41) is 3.44. The lowest BCUT2D eigenvalue weighted by molar-refractivity contribution is -0.0834. The number of ether oxygens (including phenoxy) is 1. The summed E-state index contributed by atoms with van der Waals surface area (Å²) >= 11 is 0. The van der Waals surface area contributed by atoms with Crippen LogP contribution < -0.4 is 5.32 Å². The van der Waals surface area contributed by atoms with Crippen LogP contribution in [0.3, 0.4) is 0 Å². The standard InChI is InChI=1S/C16H25NO/c1-12-6-7-14(10-13(12)2)15(17-3)11-16(18-4)8-5-9-16/h6-7,10,15,17H,5,8-9,11H2,1-4H3. The number of hydrogen-bond donors (Lipinski definition) is 1. The molecule has 0 radical (unpaired) electrons. The highest BCUT2D eigenvalue weighted by Crippen LogP contribution is 2.41. The van der Waals surface area contributed by atoms with Crippen molar-refractivity contribution in [3.05, 3.63) is 34.9 Å². The van der Waals surface area contributed by atoms with Crippen LogP contribution in [0, 0.1) is 13.8 Å². The third-order valence-electron chi connectivity index (χ3n) is 4.56. The molecule has 0 aliphatic heterocycles. The van der Waals surface area contributed by atoms with Crippen molar-refractivity contribution in [2.75, 3.05) is 14.2 Å². The van der Waals surface area contributed by atoms with Crippen LogP contribution in [0.25, 0.3) is 0 Å². The number of nitrogens with one attached hydrogen (secondary N) is 1. The van der Waals surface area contributed by atoms with E-state index in [1.165, 1.54) is 36.0 Å². The Morgan fingerprint density at radius 3 is 2.44 bits per heavy atom. The molecule has 1 aliphatic carbocycles. The molecule has 1 saturated carbocycles. The third kappa shape index (κ3) is 2.60. The summed E-state index contributed by atoms with van der Waals surface area (Å²) in [5.74, 6) is 0. The molecule has 100 valence electrons. The Hall–Kier alpha value is -0.860. The van der Waals surface area contributed by atoms with Gasteiger partial charge in [-0.1, -0.05) is 18.2 Å². The Kier molecular flexibility index (Phi) is 4.08. The SMILES string of the molecule is CNC(CC1(OC)CCC1)c1ccc(C)c(C)c1. The molecule has 0 amide bonds. The van der Waals surface area contributed by atoms with Gasteiger partial charge in [0.15, 0.2) is 0 Å². The molecular weight excluding hydrogens is 222 g/mol. The van der Waals surface area contributed by atoms with Gasteiger partial charge in [-0.15, -0.1) is 0 Å². The van der Waals surface area contributed by atoms with Crippen molar-refractivity contribution in [2.45, 2.75) is 51.2 Å². The average molecular weight is 247 g/mol. The highest BCUT2D eigenvalue weighted by atomic mass is 16.5. The lowest BCUT2D eigenvalue weighted by Crippen LogP contribution is -2.42. The first-order valence-corrected chi connectivity index (χ1v) is 6.90. The second-order valence-corrected chi connectivity index (χ2v) is 5.63. The Morgan fingerprint density at radius 1 is 1.28 bits per heavy atom. The minimum atomic E-state index is 0.118. The van der Waals surface area contributed by atoms with Crippen LogP contribution in [0.4, 0.5) is 0 Å². The molecule has 0 aromatic heterocycles. The smallest absolute Gasteiger partial charge is 0.0697 e. The predicted molar refractivity (Wildman–Crippen MR) is 75.9 cm³/mol. The van der Waals surface area contributed by atoms with E-state index in [9.17, 15) is 0 Å². The minimum absolute atomic E-state index is 0.118. The van der Waals surface area contributed by atoms with Crippen LogP contribution in [-0.2, 0) is 4.74 Å². The second kappa shape index (κ2) is 5.41. The first-order valence-electron chi connectivity index (χ1n) is 6.90. The van der Waals surface area contributed by atoms with Gasteiger partial charge in [0.1, 0.15) is 0 Å². The van der Waals surface area contributed by atoms with Crippen molar-refractivity contribution in [1.82, 2.24) is 5.32 Å². The van der Waals surface area contributed by atoms with E-state index in [1.54, 1.807) is 0 Å². The van der Waals surface area contributed by atoms with Gasteiger partial charge < -0.3 is 10.1 Å². The number of methoxy groups -OCH3 is 1. The van der Waals surface area contributed by atoms with Crippen molar-refractivity contribution in [3.63, 3.8) is 0 Å². The van der Waals surface area contributed by atoms with Crippen LogP contribution >= 0.6 is 0 Å². The maximum Gasteiger partial charge on any atom is 0.0697 e. The van der Waals surface area contributed by atoms with Gasteiger partial charge >= 0.3 is 0 Å². The fraction of sp³-hybridized carbons (Fsp3) is 0.625. The molecule has 0 heterocycles. The third-order valence-corrected chi connectivity index (χ3v) is 4.56. The average Bonchev–Trinajstić information content (AvgIpc) is 2.33. The quantitative estimate of drug-likeness (QED) is 0.859. The van der Waals surface area contributed by atoms with E-state index in [-0.39, 0.29) is 5.60 Å². The zero-order chi connectivity index (χ0) is 13.2. The minimum Gasteiger partial charge on any atom is -0.378 e. The van der Waals surface area contributed by atoms with E-state index in [0.29, 0.717) is 6.04 Å². The van der Waals surface area contributed by atoms with Crippen LogP contribution in [-0.4, -0.2) is 19.8 Å². The molecule has 1 N–H and O–H groups in total. The number of hydrogen-bond acceptors (Lipinski definition) is 2. The van der Waals surface area contributed by atoms with Gasteiger partial charge in [-0.05, 0) is 63.3 Å². The molecule has 18 heavy (non-hydrogen) atoms. The summed E-state index contributed by atoms with van der Waals surface area (Å²) in [6.07, 6.45) is 4.78. The van der Waals surface area contributed by atoms with Crippen molar-refractivity contribution in [2.24, 2.45) is 0 Å². The summed E-state index contributed by atoms with van der Waals surface area (Å²) in [5.41, 5.74) is 4.22. The Labute approximate surface area is 111 Å². The van der Waals surface area contributed by atoms with Crippen LogP contribution in [0.5, 0.6) is 0 Å². The van der Waals surface area contributed by atoms with E-state index in [2.05, 4.69) is 37.4 Å². The van der Waals surface area contributed by atoms with Gasteiger partial charge in [0, 0.05) is 13.2 Å². The van der Waals surface area contributed by atoms with Crippen molar-refractivity contribution >= 4 is 0 Å². The highest BCUT2D eigenvalue weighted by Gasteiger charge is 2.39. The van der Waals surface area contributed by atoms with E-state index < -0.39 is 0 Å². The largest absolute Gasteiger partial charge is 0.378 e. The zero-order valence-corrected chi connectivity index (χ0v) is 12.0. The first kappa shape index (κ1) is 13.6. The van der Waals surface area contributed by atoms with Gasteiger partial charge in [-0.25, -0.2) is 0 Å². The fourth-order valence-electron chi connectivity index (χ4n) is 2.80. The lowest BCUT2D eigenvalue weighted by atomic mass is 9.74. The second-order valence-electron chi connectivity index (χ2n) is 5.63. The summed E-state index contributed by atoms with van der Waals surface area (Å²) in [4.78, 5) is 0. The Morgan fingerprint density at radius 2 is 2.00 bits per heavy atom. The molecule has 1 atom stereocenters. The van der Waals surface area contributed by atoms with Gasteiger partial charge in [0.05, 0.1) is 5.60 Å². The molecular formula is C16H25NO. The van der Waals surface area contributed by atoms with Crippen LogP contribution in [0.1, 0.15) is 48.4 Å². The number of benzene rings is 1. The number of rotatable bonds is 5. The summed E-state index contributed by atoms with van der Waals surface area (Å²) in [6.45, 7) is 4.34. The molecule has 1 aromatic rings. The zero-order valence-electron chi connectivity index (χ0n) is 12.0. The normalized spacial score (nSPS) is 19.3. The van der Waals surface area contributed by atoms with Gasteiger partial charge in [0.25, 0.3) is 0 Å². The van der Waals surface area contributed by atoms with Crippen LogP contribution in [0.2, 0.25) is 0 Å². The molecule has 1 fully saturated rings. The highest BCUT2D eigenvalue weighted by molar-refractivity contribution is 5.32. The fourth-order valence-corrected chi connectivity index (χ4v) is 2.80. The van der Waals surface area contributed by atoms with Gasteiger partial charge in [0.2, 0.25) is 0 Å².